The summed E-state index contributed by atoms with van der Waals surface area (Å²) >= 11 is 6.53. The average Bonchev–Trinajstić information content (AvgIpc) is 2.89. The third-order valence-electron chi connectivity index (χ3n) is 5.96. The molecule has 3 aromatic carbocycles. The lowest BCUT2D eigenvalue weighted by Gasteiger charge is -2.44. The van der Waals surface area contributed by atoms with E-state index in [9.17, 15) is 14.4 Å². The van der Waals surface area contributed by atoms with Crippen LogP contribution in [0.5, 0.6) is 0 Å². The summed E-state index contributed by atoms with van der Waals surface area (Å²) in [6, 6.07) is 24.8. The van der Waals surface area contributed by atoms with Crippen LogP contribution in [0.15, 0.2) is 96.2 Å². The van der Waals surface area contributed by atoms with Gasteiger partial charge in [-0.1, -0.05) is 90.0 Å². The molecule has 3 aromatic rings. The fourth-order valence-electron chi connectivity index (χ4n) is 4.04. The highest BCUT2D eigenvalue weighted by atomic mass is 35.5. The quantitative estimate of drug-likeness (QED) is 0.160. The van der Waals surface area contributed by atoms with Gasteiger partial charge in [-0.2, -0.15) is 0 Å². The van der Waals surface area contributed by atoms with E-state index in [0.717, 1.165) is 16.7 Å². The zero-order valence-electron chi connectivity index (χ0n) is 20.3. The molecule has 36 heavy (non-hydrogen) atoms. The first kappa shape index (κ1) is 25.2. The van der Waals surface area contributed by atoms with Crippen molar-refractivity contribution in [1.82, 2.24) is 10.2 Å². The first-order valence-corrected chi connectivity index (χ1v) is 12.0. The van der Waals surface area contributed by atoms with Gasteiger partial charge in [-0.05, 0) is 49.6 Å². The molecule has 0 aliphatic carbocycles. The number of esters is 1. The molecule has 2 atom stereocenters. The van der Waals surface area contributed by atoms with Crippen LogP contribution in [0, 0.1) is 6.92 Å². The minimum atomic E-state index is -0.957. The van der Waals surface area contributed by atoms with E-state index in [0.29, 0.717) is 11.1 Å². The maximum absolute atomic E-state index is 13.4. The monoisotopic (exact) mass is 502 g/mol. The third kappa shape index (κ3) is 5.19. The first-order chi connectivity index (χ1) is 17.3. The van der Waals surface area contributed by atoms with Crippen molar-refractivity contribution in [3.8, 4) is 0 Å². The van der Waals surface area contributed by atoms with Crippen molar-refractivity contribution in [2.45, 2.75) is 38.4 Å². The molecule has 0 saturated carbocycles. The molecule has 2 amide bonds. The fourth-order valence-corrected chi connectivity index (χ4v) is 4.40. The normalized spacial score (nSPS) is 16.8. The maximum Gasteiger partial charge on any atom is 0.355 e. The van der Waals surface area contributed by atoms with Gasteiger partial charge in [0.15, 0.2) is 6.10 Å². The van der Waals surface area contributed by atoms with Gasteiger partial charge in [-0.25, -0.2) is 4.79 Å². The topological polar surface area (TPSA) is 75.7 Å². The van der Waals surface area contributed by atoms with Crippen molar-refractivity contribution in [1.29, 1.82) is 0 Å². The van der Waals surface area contributed by atoms with Crippen molar-refractivity contribution < 1.29 is 19.1 Å². The summed E-state index contributed by atoms with van der Waals surface area (Å²) in [5.74, 6) is -1.55. The average molecular weight is 503 g/mol. The summed E-state index contributed by atoms with van der Waals surface area (Å²) in [6.07, 6.45) is -0.670. The molecule has 1 heterocycles. The Bertz CT molecular complexity index is 1250. The Morgan fingerprint density at radius 1 is 0.889 bits per heavy atom. The first-order valence-electron chi connectivity index (χ1n) is 11.6. The predicted octanol–water partition coefficient (Wildman–Crippen LogP) is 5.13. The van der Waals surface area contributed by atoms with Crippen LogP contribution in [-0.2, 0) is 14.3 Å². The minimum Gasteiger partial charge on any atom is -0.448 e. The van der Waals surface area contributed by atoms with Gasteiger partial charge >= 0.3 is 5.97 Å². The molecule has 184 valence electrons. The van der Waals surface area contributed by atoms with Crippen molar-refractivity contribution in [3.05, 3.63) is 118 Å². The SMILES string of the molecule is CC(C)=C(C(=O)OC(c1ccccc1)c1ccccc1)N1C(=O)C(NC(=O)c2ccc(C)cc2)C1Cl. The van der Waals surface area contributed by atoms with Crippen molar-refractivity contribution >= 4 is 29.4 Å². The lowest BCUT2D eigenvalue weighted by molar-refractivity contribution is -0.153. The molecular weight excluding hydrogens is 476 g/mol. The molecule has 0 radical (unpaired) electrons. The van der Waals surface area contributed by atoms with E-state index in [1.54, 1.807) is 26.0 Å². The van der Waals surface area contributed by atoms with E-state index >= 15 is 0 Å². The van der Waals surface area contributed by atoms with Gasteiger partial charge < -0.3 is 10.1 Å². The van der Waals surface area contributed by atoms with E-state index in [1.807, 2.05) is 79.7 Å². The smallest absolute Gasteiger partial charge is 0.355 e. The number of nitrogens with zero attached hydrogens (tertiary/aromatic N) is 1. The van der Waals surface area contributed by atoms with E-state index in [4.69, 9.17) is 16.3 Å². The van der Waals surface area contributed by atoms with Gasteiger partial charge in [-0.15, -0.1) is 0 Å². The van der Waals surface area contributed by atoms with Crippen LogP contribution >= 0.6 is 11.6 Å². The van der Waals surface area contributed by atoms with Gasteiger partial charge in [0.1, 0.15) is 17.2 Å². The highest BCUT2D eigenvalue weighted by Crippen LogP contribution is 2.33. The highest BCUT2D eigenvalue weighted by Gasteiger charge is 2.51. The number of β-lactam (4-membered cyclic amide) rings is 1. The molecule has 1 aliphatic heterocycles. The summed E-state index contributed by atoms with van der Waals surface area (Å²) < 4.78 is 5.96. The summed E-state index contributed by atoms with van der Waals surface area (Å²) in [5, 5.41) is 2.67. The number of allylic oxidation sites excluding steroid dienone is 1. The number of halogens is 1. The van der Waals surface area contributed by atoms with Gasteiger partial charge in [0.25, 0.3) is 11.8 Å². The zero-order chi connectivity index (χ0) is 25.8. The Labute approximate surface area is 215 Å². The molecule has 0 aromatic heterocycles. The molecule has 2 unspecified atom stereocenters. The zero-order valence-corrected chi connectivity index (χ0v) is 21.0. The number of alkyl halides is 1. The Balaban J connectivity index is 1.53. The van der Waals surface area contributed by atoms with Crippen LogP contribution < -0.4 is 5.32 Å². The Kier molecular flexibility index (Phi) is 7.55. The van der Waals surface area contributed by atoms with E-state index in [1.165, 1.54) is 4.90 Å². The number of aryl methyl sites for hydroxylation is 1. The largest absolute Gasteiger partial charge is 0.448 e. The lowest BCUT2D eigenvalue weighted by atomic mass is 10.0. The molecule has 1 aliphatic rings. The van der Waals surface area contributed by atoms with Crippen molar-refractivity contribution in [2.24, 2.45) is 0 Å². The summed E-state index contributed by atoms with van der Waals surface area (Å²) in [6.45, 7) is 5.35. The highest BCUT2D eigenvalue weighted by molar-refractivity contribution is 6.27. The van der Waals surface area contributed by atoms with E-state index in [2.05, 4.69) is 5.32 Å². The van der Waals surface area contributed by atoms with Crippen molar-refractivity contribution in [2.75, 3.05) is 0 Å². The number of hydrogen-bond donors (Lipinski definition) is 1. The van der Waals surface area contributed by atoms with Crippen LogP contribution in [0.3, 0.4) is 0 Å². The van der Waals surface area contributed by atoms with Crippen LogP contribution in [0.1, 0.15) is 47.0 Å². The third-order valence-corrected chi connectivity index (χ3v) is 6.41. The molecule has 4 rings (SSSR count). The van der Waals surface area contributed by atoms with Gasteiger partial charge in [0.2, 0.25) is 0 Å². The van der Waals surface area contributed by atoms with Gasteiger partial charge in [0, 0.05) is 5.56 Å². The molecule has 1 fully saturated rings. The number of carbonyl (C=O) groups is 3. The Morgan fingerprint density at radius 2 is 1.42 bits per heavy atom. The maximum atomic E-state index is 13.4. The van der Waals surface area contributed by atoms with Crippen LogP contribution in [0.25, 0.3) is 0 Å². The summed E-state index contributed by atoms with van der Waals surface area (Å²) in [5.41, 5.74) is 2.74. The van der Waals surface area contributed by atoms with Crippen LogP contribution in [-0.4, -0.2) is 34.2 Å². The van der Waals surface area contributed by atoms with Gasteiger partial charge in [0.05, 0.1) is 0 Å². The predicted molar refractivity (Wildman–Crippen MR) is 138 cm³/mol. The van der Waals surface area contributed by atoms with E-state index < -0.39 is 35.4 Å². The molecule has 6 nitrogen and oxygen atoms in total. The fraction of sp³-hybridized carbons (Fsp3) is 0.207. The molecule has 0 spiro atoms. The van der Waals surface area contributed by atoms with Gasteiger partial charge in [-0.3, -0.25) is 14.5 Å². The van der Waals surface area contributed by atoms with Crippen LogP contribution in [0.2, 0.25) is 0 Å². The lowest BCUT2D eigenvalue weighted by Crippen LogP contribution is -2.68. The van der Waals surface area contributed by atoms with Crippen molar-refractivity contribution in [3.63, 3.8) is 0 Å². The molecule has 0 bridgehead atoms. The standard InChI is InChI=1S/C29H27ClN2O4/c1-18(2)24(29(35)36-25(20-10-6-4-7-11-20)21-12-8-5-9-13-21)32-26(30)23(28(32)34)31-27(33)22-16-14-19(3)15-17-22/h4-17,23,25-26H,1-3H3,(H,31,33). The molecule has 1 saturated heterocycles. The Morgan fingerprint density at radius 3 is 1.89 bits per heavy atom. The molecule has 7 heteroatoms. The number of amides is 2. The number of carbonyl (C=O) groups excluding carboxylic acids is 3. The second kappa shape index (κ2) is 10.8. The minimum absolute atomic E-state index is 0.0673. The number of nitrogens with one attached hydrogen (secondary N) is 1. The van der Waals surface area contributed by atoms with E-state index in [-0.39, 0.29) is 5.70 Å². The number of rotatable bonds is 7. The van der Waals surface area contributed by atoms with Crippen LogP contribution in [0.4, 0.5) is 0 Å². The number of ether oxygens (including phenoxy) is 1. The summed E-state index contributed by atoms with van der Waals surface area (Å²) in [7, 11) is 0. The number of benzene rings is 3. The number of hydrogen-bond acceptors (Lipinski definition) is 4. The molecule has 1 N–H and O–H groups in total. The molecular formula is C29H27ClN2O4. The Hall–Kier alpha value is -3.90. The second-order valence-corrected chi connectivity index (χ2v) is 9.30. The number of likely N-dealkylation sites (tertiary alicyclic amines) is 1. The second-order valence-electron chi connectivity index (χ2n) is 8.85. The summed E-state index contributed by atoms with van der Waals surface area (Å²) in [4.78, 5) is 40.3.